The van der Waals surface area contributed by atoms with Crippen LogP contribution in [0.1, 0.15) is 18.2 Å². The minimum absolute atomic E-state index is 0.226. The summed E-state index contributed by atoms with van der Waals surface area (Å²) in [6.07, 6.45) is 2.36. The molecule has 18 heavy (non-hydrogen) atoms. The fourth-order valence-electron chi connectivity index (χ4n) is 1.98. The van der Waals surface area contributed by atoms with E-state index in [9.17, 15) is 9.59 Å². The third-order valence-electron chi connectivity index (χ3n) is 2.78. The fraction of sp³-hybridized carbons (Fsp3) is 0.500. The first-order chi connectivity index (χ1) is 8.63. The van der Waals surface area contributed by atoms with E-state index in [4.69, 9.17) is 5.84 Å². The lowest BCUT2D eigenvalue weighted by atomic mass is 10.1. The van der Waals surface area contributed by atoms with E-state index in [0.717, 1.165) is 4.88 Å². The number of thiazole rings is 1. The monoisotopic (exact) mass is 269 g/mol. The van der Waals surface area contributed by atoms with Crippen molar-refractivity contribution in [2.45, 2.75) is 25.9 Å². The van der Waals surface area contributed by atoms with Crippen LogP contribution in [-0.4, -0.2) is 34.3 Å². The van der Waals surface area contributed by atoms with Crippen LogP contribution < -0.4 is 16.6 Å². The van der Waals surface area contributed by atoms with Crippen molar-refractivity contribution in [2.24, 2.45) is 5.84 Å². The van der Waals surface area contributed by atoms with Gasteiger partial charge in [0, 0.05) is 17.6 Å². The Morgan fingerprint density at radius 3 is 3.06 bits per heavy atom. The van der Waals surface area contributed by atoms with Crippen LogP contribution >= 0.6 is 11.3 Å². The maximum atomic E-state index is 11.7. The van der Waals surface area contributed by atoms with E-state index in [2.05, 4.69) is 15.7 Å². The number of hydrogen-bond acceptors (Lipinski definition) is 7. The van der Waals surface area contributed by atoms with Gasteiger partial charge >= 0.3 is 0 Å². The van der Waals surface area contributed by atoms with Gasteiger partial charge in [0.1, 0.15) is 0 Å². The molecule has 0 saturated carbocycles. The molecule has 1 aliphatic heterocycles. The highest BCUT2D eigenvalue weighted by atomic mass is 32.1. The summed E-state index contributed by atoms with van der Waals surface area (Å²) in [5.74, 6) is 4.78. The number of carbonyl (C=O) groups excluding carboxylic acids is 2. The Morgan fingerprint density at radius 2 is 2.44 bits per heavy atom. The van der Waals surface area contributed by atoms with E-state index in [1.165, 1.54) is 11.3 Å². The summed E-state index contributed by atoms with van der Waals surface area (Å²) >= 11 is 1.41. The SMILES string of the molecule is CCC1C(=O)NC(=O)CN1Cc1cnc(NN)s1. The van der Waals surface area contributed by atoms with Gasteiger partial charge in [-0.3, -0.25) is 25.2 Å². The number of nitrogens with one attached hydrogen (secondary N) is 2. The molecule has 2 rings (SSSR count). The largest absolute Gasteiger partial charge is 0.300 e. The van der Waals surface area contributed by atoms with Crippen molar-refractivity contribution in [3.63, 3.8) is 0 Å². The van der Waals surface area contributed by atoms with Crippen molar-refractivity contribution in [1.82, 2.24) is 15.2 Å². The van der Waals surface area contributed by atoms with Crippen LogP contribution in [0, 0.1) is 0 Å². The average molecular weight is 269 g/mol. The van der Waals surface area contributed by atoms with Gasteiger partial charge in [-0.15, -0.1) is 0 Å². The molecule has 0 radical (unpaired) electrons. The Hall–Kier alpha value is -1.51. The highest BCUT2D eigenvalue weighted by Gasteiger charge is 2.32. The van der Waals surface area contributed by atoms with Gasteiger partial charge in [0.2, 0.25) is 11.8 Å². The highest BCUT2D eigenvalue weighted by Crippen LogP contribution is 2.21. The smallest absolute Gasteiger partial charge is 0.243 e. The van der Waals surface area contributed by atoms with Crippen molar-refractivity contribution in [1.29, 1.82) is 0 Å². The van der Waals surface area contributed by atoms with E-state index < -0.39 is 0 Å². The number of anilines is 1. The lowest BCUT2D eigenvalue weighted by molar-refractivity contribution is -0.140. The molecule has 1 atom stereocenters. The van der Waals surface area contributed by atoms with Crippen LogP contribution in [0.5, 0.6) is 0 Å². The second-order valence-corrected chi connectivity index (χ2v) is 5.13. The van der Waals surface area contributed by atoms with Gasteiger partial charge < -0.3 is 0 Å². The second-order valence-electron chi connectivity index (χ2n) is 4.02. The molecule has 7 nitrogen and oxygen atoms in total. The quantitative estimate of drug-likeness (QED) is 0.393. The minimum Gasteiger partial charge on any atom is -0.300 e. The Morgan fingerprint density at radius 1 is 1.67 bits per heavy atom. The average Bonchev–Trinajstić information content (AvgIpc) is 2.76. The normalized spacial score (nSPS) is 20.9. The Labute approximate surface area is 108 Å². The van der Waals surface area contributed by atoms with E-state index in [1.807, 2.05) is 11.8 Å². The van der Waals surface area contributed by atoms with Crippen LogP contribution in [-0.2, 0) is 16.1 Å². The molecular weight excluding hydrogens is 254 g/mol. The molecule has 1 saturated heterocycles. The number of nitrogens with zero attached hydrogens (tertiary/aromatic N) is 2. The van der Waals surface area contributed by atoms with Crippen molar-refractivity contribution in [2.75, 3.05) is 12.0 Å². The molecule has 0 spiro atoms. The summed E-state index contributed by atoms with van der Waals surface area (Å²) in [5, 5.41) is 2.96. The zero-order chi connectivity index (χ0) is 13.1. The lowest BCUT2D eigenvalue weighted by Crippen LogP contribution is -2.57. The number of imide groups is 1. The maximum Gasteiger partial charge on any atom is 0.243 e. The van der Waals surface area contributed by atoms with Crippen LogP contribution in [0.25, 0.3) is 0 Å². The topological polar surface area (TPSA) is 100 Å². The highest BCUT2D eigenvalue weighted by molar-refractivity contribution is 7.15. The Balaban J connectivity index is 2.09. The number of rotatable bonds is 4. The number of carbonyl (C=O) groups is 2. The first kappa shape index (κ1) is 12.9. The number of amides is 2. The maximum absolute atomic E-state index is 11.7. The summed E-state index contributed by atoms with van der Waals surface area (Å²) in [6, 6.07) is -0.265. The molecule has 1 aromatic rings. The van der Waals surface area contributed by atoms with E-state index in [1.54, 1.807) is 6.20 Å². The molecular formula is C10H15N5O2S. The summed E-state index contributed by atoms with van der Waals surface area (Å²) in [6.45, 7) is 2.68. The zero-order valence-corrected chi connectivity index (χ0v) is 10.8. The number of hydrazine groups is 1. The summed E-state index contributed by atoms with van der Waals surface area (Å²) in [4.78, 5) is 29.9. The minimum atomic E-state index is -0.265. The Kier molecular flexibility index (Phi) is 3.90. The molecule has 8 heteroatoms. The molecule has 4 N–H and O–H groups in total. The fourth-order valence-corrected chi connectivity index (χ4v) is 2.73. The van der Waals surface area contributed by atoms with Crippen LogP contribution in [0.15, 0.2) is 6.20 Å². The second kappa shape index (κ2) is 5.42. The third kappa shape index (κ3) is 2.66. The first-order valence-electron chi connectivity index (χ1n) is 5.63. The van der Waals surface area contributed by atoms with Crippen LogP contribution in [0.4, 0.5) is 5.13 Å². The molecule has 2 amide bonds. The lowest BCUT2D eigenvalue weighted by Gasteiger charge is -2.32. The first-order valence-corrected chi connectivity index (χ1v) is 6.44. The van der Waals surface area contributed by atoms with E-state index in [0.29, 0.717) is 18.1 Å². The molecule has 98 valence electrons. The van der Waals surface area contributed by atoms with Crippen molar-refractivity contribution < 1.29 is 9.59 Å². The van der Waals surface area contributed by atoms with Crippen LogP contribution in [0.3, 0.4) is 0 Å². The van der Waals surface area contributed by atoms with Gasteiger partial charge in [0.25, 0.3) is 0 Å². The van der Waals surface area contributed by atoms with E-state index in [-0.39, 0.29) is 24.4 Å². The molecule has 1 unspecified atom stereocenters. The third-order valence-corrected chi connectivity index (χ3v) is 3.69. The molecule has 0 bridgehead atoms. The molecule has 1 fully saturated rings. The summed E-state index contributed by atoms with van der Waals surface area (Å²) in [7, 11) is 0. The number of piperazine rings is 1. The zero-order valence-electron chi connectivity index (χ0n) is 9.97. The van der Waals surface area contributed by atoms with Gasteiger partial charge in [-0.1, -0.05) is 18.3 Å². The standard InChI is InChI=1S/C10H15N5O2S/c1-2-7-9(17)13-8(16)5-15(7)4-6-3-12-10(14-11)18-6/h3,7H,2,4-5,11H2,1H3,(H,12,14)(H,13,16,17). The molecule has 0 aromatic carbocycles. The predicted molar refractivity (Wildman–Crippen MR) is 67.6 cm³/mol. The number of aromatic nitrogens is 1. The van der Waals surface area contributed by atoms with Gasteiger partial charge in [-0.2, -0.15) is 0 Å². The summed E-state index contributed by atoms with van der Waals surface area (Å²) in [5.41, 5.74) is 2.47. The molecule has 2 heterocycles. The van der Waals surface area contributed by atoms with Crippen molar-refractivity contribution >= 4 is 28.3 Å². The number of nitrogens with two attached hydrogens (primary N) is 1. The molecule has 0 aliphatic carbocycles. The predicted octanol–water partition coefficient (Wildman–Crippen LogP) is -0.334. The van der Waals surface area contributed by atoms with Crippen molar-refractivity contribution in [3.8, 4) is 0 Å². The van der Waals surface area contributed by atoms with E-state index >= 15 is 0 Å². The molecule has 1 aromatic heterocycles. The van der Waals surface area contributed by atoms with Crippen molar-refractivity contribution in [3.05, 3.63) is 11.1 Å². The summed E-state index contributed by atoms with van der Waals surface area (Å²) < 4.78 is 0. The van der Waals surface area contributed by atoms with Gasteiger partial charge in [0.15, 0.2) is 5.13 Å². The van der Waals surface area contributed by atoms with Gasteiger partial charge in [-0.05, 0) is 6.42 Å². The van der Waals surface area contributed by atoms with Gasteiger partial charge in [0.05, 0.1) is 12.6 Å². The van der Waals surface area contributed by atoms with Crippen LogP contribution in [0.2, 0.25) is 0 Å². The molecule has 1 aliphatic rings. The Bertz CT molecular complexity index is 461. The van der Waals surface area contributed by atoms with Gasteiger partial charge in [-0.25, -0.2) is 10.8 Å². The number of nitrogen functional groups attached to an aromatic ring is 1. The number of hydrogen-bond donors (Lipinski definition) is 3.